The van der Waals surface area contributed by atoms with Crippen LogP contribution in [0.1, 0.15) is 41.7 Å². The molecule has 0 fully saturated rings. The van der Waals surface area contributed by atoms with Crippen LogP contribution in [0.4, 0.5) is 8.78 Å². The Balaban J connectivity index is 1.96. The van der Waals surface area contributed by atoms with Crippen molar-refractivity contribution >= 4 is 11.7 Å². The van der Waals surface area contributed by atoms with E-state index >= 15 is 0 Å². The van der Waals surface area contributed by atoms with Gasteiger partial charge in [-0.2, -0.15) is 0 Å². The van der Waals surface area contributed by atoms with Gasteiger partial charge in [-0.15, -0.1) is 0 Å². The highest BCUT2D eigenvalue weighted by Crippen LogP contribution is 2.34. The Morgan fingerprint density at radius 1 is 1.21 bits per heavy atom. The molecule has 1 aliphatic rings. The molecule has 0 N–H and O–H groups in total. The zero-order valence-corrected chi connectivity index (χ0v) is 15.9. The van der Waals surface area contributed by atoms with Crippen LogP contribution in [-0.4, -0.2) is 33.3 Å². The number of pyridine rings is 1. The third-order valence-corrected chi connectivity index (χ3v) is 4.84. The minimum absolute atomic E-state index is 0.130. The van der Waals surface area contributed by atoms with Crippen LogP contribution in [0.15, 0.2) is 47.7 Å². The van der Waals surface area contributed by atoms with Gasteiger partial charge in [0, 0.05) is 36.1 Å². The van der Waals surface area contributed by atoms with E-state index in [9.17, 15) is 13.6 Å². The number of carbonyl (C=O) groups excluding carboxylic acids is 1. The predicted molar refractivity (Wildman–Crippen MR) is 102 cm³/mol. The molecule has 0 bridgehead atoms. The fourth-order valence-electron chi connectivity index (χ4n) is 3.46. The molecule has 1 aliphatic heterocycles. The highest BCUT2D eigenvalue weighted by Gasteiger charge is 2.29. The van der Waals surface area contributed by atoms with Crippen molar-refractivity contribution in [1.29, 1.82) is 0 Å². The molecule has 0 amide bonds. The Kier molecular flexibility index (Phi) is 4.92. The van der Waals surface area contributed by atoms with Crippen molar-refractivity contribution in [2.45, 2.75) is 25.8 Å². The van der Waals surface area contributed by atoms with Crippen LogP contribution in [0.5, 0.6) is 0 Å². The molecule has 8 heteroatoms. The molecule has 148 valence electrons. The van der Waals surface area contributed by atoms with Crippen LogP contribution >= 0.6 is 0 Å². The Morgan fingerprint density at radius 2 is 2.00 bits per heavy atom. The van der Waals surface area contributed by atoms with Crippen molar-refractivity contribution in [2.75, 3.05) is 7.11 Å². The van der Waals surface area contributed by atoms with Crippen LogP contribution in [0.25, 0.3) is 5.69 Å². The number of esters is 1. The smallest absolute Gasteiger partial charge is 0.305 e. The summed E-state index contributed by atoms with van der Waals surface area (Å²) in [6.45, 7) is 1.82. The molecular formula is C21H18F2N4O2. The highest BCUT2D eigenvalue weighted by molar-refractivity contribution is 6.14. The van der Waals surface area contributed by atoms with Gasteiger partial charge in [0.25, 0.3) is 0 Å². The summed E-state index contributed by atoms with van der Waals surface area (Å²) in [7, 11) is 1.32. The van der Waals surface area contributed by atoms with E-state index in [1.807, 2.05) is 6.92 Å². The second kappa shape index (κ2) is 7.54. The highest BCUT2D eigenvalue weighted by atomic mass is 19.2. The van der Waals surface area contributed by atoms with Gasteiger partial charge in [0.15, 0.2) is 11.6 Å². The van der Waals surface area contributed by atoms with Gasteiger partial charge in [0.05, 0.1) is 24.2 Å². The second-order valence-corrected chi connectivity index (χ2v) is 6.70. The molecule has 0 radical (unpaired) electrons. The van der Waals surface area contributed by atoms with Crippen LogP contribution in [0.2, 0.25) is 0 Å². The minimum atomic E-state index is -0.972. The zero-order valence-electron chi connectivity index (χ0n) is 15.9. The lowest BCUT2D eigenvalue weighted by Gasteiger charge is -2.14. The van der Waals surface area contributed by atoms with Gasteiger partial charge < -0.3 is 4.74 Å². The lowest BCUT2D eigenvalue weighted by atomic mass is 10.0. The summed E-state index contributed by atoms with van der Waals surface area (Å²) < 4.78 is 34.9. The first-order chi connectivity index (χ1) is 14.0. The van der Waals surface area contributed by atoms with Crippen molar-refractivity contribution in [3.8, 4) is 5.69 Å². The molecule has 6 nitrogen and oxygen atoms in total. The summed E-state index contributed by atoms with van der Waals surface area (Å²) in [6, 6.07) is 7.06. The number of aromatic nitrogens is 3. The molecule has 3 heterocycles. The number of halogens is 2. The molecule has 0 unspecified atom stereocenters. The summed E-state index contributed by atoms with van der Waals surface area (Å²) in [6.07, 6.45) is 3.71. The largest absolute Gasteiger partial charge is 0.469 e. The van der Waals surface area contributed by atoms with E-state index in [0.717, 1.165) is 17.8 Å². The lowest BCUT2D eigenvalue weighted by Crippen LogP contribution is -2.11. The van der Waals surface area contributed by atoms with E-state index in [1.165, 1.54) is 7.11 Å². The van der Waals surface area contributed by atoms with Gasteiger partial charge in [-0.25, -0.2) is 13.8 Å². The summed E-state index contributed by atoms with van der Waals surface area (Å²) in [4.78, 5) is 25.3. The number of methoxy groups -OCH3 is 1. The topological polar surface area (TPSA) is 69.4 Å². The first-order valence-corrected chi connectivity index (χ1v) is 9.09. The molecule has 0 saturated carbocycles. The van der Waals surface area contributed by atoms with Crippen molar-refractivity contribution in [3.63, 3.8) is 0 Å². The number of rotatable bonds is 4. The number of aryl methyl sites for hydroxylation is 1. The first kappa shape index (κ1) is 18.9. The Bertz CT molecular complexity index is 1110. The molecule has 4 rings (SSSR count). The van der Waals surface area contributed by atoms with Crippen molar-refractivity contribution < 1.29 is 18.3 Å². The maximum atomic E-state index is 14.2. The molecule has 3 aromatic rings. The number of nitrogens with zero attached hydrogens (tertiary/aromatic N) is 4. The zero-order chi connectivity index (χ0) is 20.5. The van der Waals surface area contributed by atoms with Gasteiger partial charge >= 0.3 is 5.97 Å². The summed E-state index contributed by atoms with van der Waals surface area (Å²) in [5.74, 6) is -1.76. The fourth-order valence-corrected chi connectivity index (χ4v) is 3.46. The molecule has 1 atom stereocenters. The fraction of sp³-hybridized carbons (Fsp3) is 0.238. The second-order valence-electron chi connectivity index (χ2n) is 6.70. The molecule has 2 aromatic heterocycles. The average Bonchev–Trinajstić information content (AvgIpc) is 3.05. The Labute approximate surface area is 165 Å². The molecule has 0 saturated heterocycles. The van der Waals surface area contributed by atoms with Crippen LogP contribution in [-0.2, 0) is 9.53 Å². The number of aliphatic imine (C=N–C) groups is 1. The molecule has 0 aliphatic carbocycles. The van der Waals surface area contributed by atoms with Crippen LogP contribution < -0.4 is 0 Å². The van der Waals surface area contributed by atoms with E-state index in [-0.39, 0.29) is 12.4 Å². The van der Waals surface area contributed by atoms with Crippen LogP contribution in [0.3, 0.4) is 0 Å². The van der Waals surface area contributed by atoms with Crippen molar-refractivity contribution in [1.82, 2.24) is 14.5 Å². The number of ether oxygens (including phenoxy) is 1. The number of imidazole rings is 1. The van der Waals surface area contributed by atoms with Crippen molar-refractivity contribution in [3.05, 3.63) is 77.1 Å². The minimum Gasteiger partial charge on any atom is -0.469 e. The van der Waals surface area contributed by atoms with Gasteiger partial charge in [-0.3, -0.25) is 19.3 Å². The Morgan fingerprint density at radius 3 is 2.72 bits per heavy atom. The molecule has 29 heavy (non-hydrogen) atoms. The lowest BCUT2D eigenvalue weighted by molar-refractivity contribution is -0.140. The van der Waals surface area contributed by atoms with E-state index in [0.29, 0.717) is 34.9 Å². The summed E-state index contributed by atoms with van der Waals surface area (Å²) >= 11 is 0. The number of benzene rings is 1. The third-order valence-electron chi connectivity index (χ3n) is 4.84. The number of fused-ring (bicyclic) bond motifs is 3. The molecule has 1 aromatic carbocycles. The van der Waals surface area contributed by atoms with Gasteiger partial charge in [-0.1, -0.05) is 6.07 Å². The third kappa shape index (κ3) is 3.41. The average molecular weight is 396 g/mol. The maximum Gasteiger partial charge on any atom is 0.305 e. The standard InChI is InChI=1S/C21H18F2N4O2/c1-12-11-25-21-17(6-7-19(28)29-2)26-20(16-5-3-4-8-24-16)13-9-14(22)15(23)10-18(13)27(12)21/h3-5,8-11,17H,6-7H2,1-2H3/t17-/m0/s1. The first-order valence-electron chi connectivity index (χ1n) is 9.09. The van der Waals surface area contributed by atoms with E-state index < -0.39 is 17.7 Å². The summed E-state index contributed by atoms with van der Waals surface area (Å²) in [5, 5.41) is 0. The quantitative estimate of drug-likeness (QED) is 0.631. The maximum absolute atomic E-state index is 14.2. The van der Waals surface area contributed by atoms with E-state index in [1.54, 1.807) is 35.2 Å². The number of hydrogen-bond acceptors (Lipinski definition) is 5. The molecule has 0 spiro atoms. The van der Waals surface area contributed by atoms with Gasteiger partial charge in [-0.05, 0) is 31.5 Å². The number of carbonyl (C=O) groups is 1. The predicted octanol–water partition coefficient (Wildman–Crippen LogP) is 3.70. The Hall–Kier alpha value is -3.42. The van der Waals surface area contributed by atoms with Gasteiger partial charge in [0.1, 0.15) is 11.9 Å². The van der Waals surface area contributed by atoms with E-state index in [4.69, 9.17) is 9.73 Å². The van der Waals surface area contributed by atoms with Crippen molar-refractivity contribution in [2.24, 2.45) is 4.99 Å². The SMILES string of the molecule is COC(=O)CC[C@@H]1N=C(c2ccccn2)c2cc(F)c(F)cc2-n2c(C)cnc21. The number of hydrogen-bond donors (Lipinski definition) is 0. The van der Waals surface area contributed by atoms with Crippen LogP contribution in [0, 0.1) is 18.6 Å². The molecular weight excluding hydrogens is 378 g/mol. The normalized spacial score (nSPS) is 15.2. The van der Waals surface area contributed by atoms with E-state index in [2.05, 4.69) is 9.97 Å². The van der Waals surface area contributed by atoms with Gasteiger partial charge in [0.2, 0.25) is 0 Å². The summed E-state index contributed by atoms with van der Waals surface area (Å²) in [5.41, 5.74) is 2.52. The monoisotopic (exact) mass is 396 g/mol.